The first-order chi connectivity index (χ1) is 6.66. The predicted molar refractivity (Wildman–Crippen MR) is 46.8 cm³/mol. The van der Waals surface area contributed by atoms with E-state index in [1.54, 1.807) is 19.1 Å². The van der Waals surface area contributed by atoms with Gasteiger partial charge in [0.2, 0.25) is 5.78 Å². The third-order valence-electron chi connectivity index (χ3n) is 2.21. The Morgan fingerprint density at radius 3 is 2.79 bits per heavy atom. The van der Waals surface area contributed by atoms with E-state index in [0.717, 1.165) is 0 Å². The van der Waals surface area contributed by atoms with Gasteiger partial charge in [-0.05, 0) is 19.1 Å². The van der Waals surface area contributed by atoms with Crippen LogP contribution in [0.25, 0.3) is 0 Å². The molecule has 1 saturated heterocycles. The van der Waals surface area contributed by atoms with Crippen molar-refractivity contribution < 1.29 is 18.7 Å². The highest BCUT2D eigenvalue weighted by atomic mass is 16.5. The van der Waals surface area contributed by atoms with Crippen LogP contribution in [0.4, 0.5) is 0 Å². The van der Waals surface area contributed by atoms with E-state index in [9.17, 15) is 9.59 Å². The summed E-state index contributed by atoms with van der Waals surface area (Å²) >= 11 is 0. The lowest BCUT2D eigenvalue weighted by Crippen LogP contribution is -2.13. The Labute approximate surface area is 80.8 Å². The van der Waals surface area contributed by atoms with Crippen molar-refractivity contribution in [3.63, 3.8) is 0 Å². The topological polar surface area (TPSA) is 56.5 Å². The molecule has 74 valence electrons. The molecule has 4 nitrogen and oxygen atoms in total. The minimum Gasteiger partial charge on any atom is -0.465 e. The molecule has 1 fully saturated rings. The molecule has 0 radical (unpaired) electrons. The lowest BCUT2D eigenvalue weighted by atomic mass is 10.0. The Balaban J connectivity index is 2.12. The monoisotopic (exact) mass is 194 g/mol. The molecule has 1 aromatic heterocycles. The summed E-state index contributed by atoms with van der Waals surface area (Å²) in [4.78, 5) is 22.5. The number of carbonyl (C=O) groups is 2. The molecule has 1 aliphatic heterocycles. The molecular formula is C10H10O4. The second-order valence-electron chi connectivity index (χ2n) is 3.36. The summed E-state index contributed by atoms with van der Waals surface area (Å²) in [6.07, 6.45) is 0.165. The Hall–Kier alpha value is -1.58. The van der Waals surface area contributed by atoms with Crippen molar-refractivity contribution in [2.75, 3.05) is 6.61 Å². The van der Waals surface area contributed by atoms with Crippen molar-refractivity contribution in [2.45, 2.75) is 13.3 Å². The van der Waals surface area contributed by atoms with Crippen LogP contribution in [0.1, 0.15) is 22.7 Å². The molecule has 0 spiro atoms. The van der Waals surface area contributed by atoms with Gasteiger partial charge in [0.1, 0.15) is 12.4 Å². The van der Waals surface area contributed by atoms with Gasteiger partial charge in [0, 0.05) is 0 Å². The van der Waals surface area contributed by atoms with Gasteiger partial charge in [0.05, 0.1) is 12.3 Å². The van der Waals surface area contributed by atoms with E-state index < -0.39 is 0 Å². The van der Waals surface area contributed by atoms with Gasteiger partial charge in [0.25, 0.3) is 0 Å². The maximum atomic E-state index is 11.7. The highest BCUT2D eigenvalue weighted by molar-refractivity contribution is 5.98. The van der Waals surface area contributed by atoms with Crippen LogP contribution >= 0.6 is 0 Å². The van der Waals surface area contributed by atoms with Crippen molar-refractivity contribution >= 4 is 11.8 Å². The SMILES string of the molecule is Cc1ccc(C(=O)C2COC(=O)C2)o1. The van der Waals surface area contributed by atoms with Crippen molar-refractivity contribution in [3.05, 3.63) is 23.7 Å². The second-order valence-corrected chi connectivity index (χ2v) is 3.36. The summed E-state index contributed by atoms with van der Waals surface area (Å²) in [5.41, 5.74) is 0. The zero-order valence-corrected chi connectivity index (χ0v) is 7.78. The van der Waals surface area contributed by atoms with Crippen molar-refractivity contribution in [3.8, 4) is 0 Å². The summed E-state index contributed by atoms with van der Waals surface area (Å²) in [7, 11) is 0. The summed E-state index contributed by atoms with van der Waals surface area (Å²) in [5, 5.41) is 0. The van der Waals surface area contributed by atoms with Gasteiger partial charge in [-0.15, -0.1) is 0 Å². The molecule has 0 N–H and O–H groups in total. The molecule has 1 aliphatic rings. The molecular weight excluding hydrogens is 184 g/mol. The number of ether oxygens (including phenoxy) is 1. The number of furan rings is 1. The smallest absolute Gasteiger partial charge is 0.306 e. The Morgan fingerprint density at radius 2 is 2.29 bits per heavy atom. The first-order valence-electron chi connectivity index (χ1n) is 4.43. The molecule has 1 unspecified atom stereocenters. The number of aryl methyl sites for hydroxylation is 1. The fourth-order valence-corrected chi connectivity index (χ4v) is 1.45. The van der Waals surface area contributed by atoms with Crippen LogP contribution in [0.3, 0.4) is 0 Å². The molecule has 0 aromatic carbocycles. The van der Waals surface area contributed by atoms with Crippen LogP contribution in [0.5, 0.6) is 0 Å². The number of carbonyl (C=O) groups excluding carboxylic acids is 2. The third kappa shape index (κ3) is 1.55. The quantitative estimate of drug-likeness (QED) is 0.526. The summed E-state index contributed by atoms with van der Waals surface area (Å²) in [6.45, 7) is 1.95. The summed E-state index contributed by atoms with van der Waals surface area (Å²) < 4.78 is 9.89. The number of esters is 1. The molecule has 1 atom stereocenters. The molecule has 14 heavy (non-hydrogen) atoms. The van der Waals surface area contributed by atoms with E-state index in [4.69, 9.17) is 9.15 Å². The average molecular weight is 194 g/mol. The van der Waals surface area contributed by atoms with Gasteiger partial charge in [-0.25, -0.2) is 0 Å². The number of hydrogen-bond acceptors (Lipinski definition) is 4. The number of Topliss-reactive ketones (excluding diaryl/α,β-unsaturated/α-hetero) is 1. The third-order valence-corrected chi connectivity index (χ3v) is 2.21. The van der Waals surface area contributed by atoms with E-state index in [-0.39, 0.29) is 30.7 Å². The zero-order valence-electron chi connectivity index (χ0n) is 7.78. The van der Waals surface area contributed by atoms with Crippen LogP contribution in [0.15, 0.2) is 16.5 Å². The first kappa shape index (κ1) is 8.99. The highest BCUT2D eigenvalue weighted by Gasteiger charge is 2.32. The van der Waals surface area contributed by atoms with Crippen LogP contribution in [0.2, 0.25) is 0 Å². The van der Waals surface area contributed by atoms with Crippen molar-refractivity contribution in [1.82, 2.24) is 0 Å². The van der Waals surface area contributed by atoms with Crippen LogP contribution in [0, 0.1) is 12.8 Å². The molecule has 2 rings (SSSR count). The number of hydrogen-bond donors (Lipinski definition) is 0. The molecule has 2 heterocycles. The minimum absolute atomic E-state index is 0.149. The first-order valence-corrected chi connectivity index (χ1v) is 4.43. The van der Waals surface area contributed by atoms with Crippen LogP contribution in [-0.4, -0.2) is 18.4 Å². The summed E-state index contributed by atoms with van der Waals surface area (Å²) in [5.74, 6) is 0.174. The predicted octanol–water partition coefficient (Wildman–Crippen LogP) is 1.33. The van der Waals surface area contributed by atoms with Crippen molar-refractivity contribution in [1.29, 1.82) is 0 Å². The second kappa shape index (κ2) is 3.29. The zero-order chi connectivity index (χ0) is 10.1. The van der Waals surface area contributed by atoms with E-state index in [0.29, 0.717) is 11.5 Å². The number of ketones is 1. The van der Waals surface area contributed by atoms with Crippen molar-refractivity contribution in [2.24, 2.45) is 5.92 Å². The van der Waals surface area contributed by atoms with Gasteiger partial charge >= 0.3 is 5.97 Å². The lowest BCUT2D eigenvalue weighted by molar-refractivity contribution is -0.137. The standard InChI is InChI=1S/C10H10O4/c1-6-2-3-8(14-6)10(12)7-4-9(11)13-5-7/h2-3,7H,4-5H2,1H3. The van der Waals surface area contributed by atoms with E-state index in [1.165, 1.54) is 0 Å². The van der Waals surface area contributed by atoms with Gasteiger partial charge in [-0.2, -0.15) is 0 Å². The molecule has 0 amide bonds. The van der Waals surface area contributed by atoms with Crippen LogP contribution < -0.4 is 0 Å². The Morgan fingerprint density at radius 1 is 1.50 bits per heavy atom. The lowest BCUT2D eigenvalue weighted by Gasteiger charge is -2.00. The highest BCUT2D eigenvalue weighted by Crippen LogP contribution is 2.20. The number of rotatable bonds is 2. The maximum Gasteiger partial charge on any atom is 0.306 e. The Bertz CT molecular complexity index is 377. The van der Waals surface area contributed by atoms with Crippen LogP contribution in [-0.2, 0) is 9.53 Å². The van der Waals surface area contributed by atoms with Gasteiger partial charge in [-0.1, -0.05) is 0 Å². The van der Waals surface area contributed by atoms with E-state index >= 15 is 0 Å². The Kier molecular flexibility index (Phi) is 2.11. The molecule has 4 heteroatoms. The van der Waals surface area contributed by atoms with Gasteiger partial charge in [-0.3, -0.25) is 9.59 Å². The molecule has 0 bridgehead atoms. The normalized spacial score (nSPS) is 20.9. The molecule has 1 aromatic rings. The molecule has 0 saturated carbocycles. The van der Waals surface area contributed by atoms with Gasteiger partial charge in [0.15, 0.2) is 5.76 Å². The van der Waals surface area contributed by atoms with E-state index in [2.05, 4.69) is 0 Å². The number of cyclic esters (lactones) is 1. The molecule has 0 aliphatic carbocycles. The summed E-state index contributed by atoms with van der Waals surface area (Å²) in [6, 6.07) is 3.35. The average Bonchev–Trinajstić information content (AvgIpc) is 2.73. The maximum absolute atomic E-state index is 11.7. The van der Waals surface area contributed by atoms with E-state index in [1.807, 2.05) is 0 Å². The van der Waals surface area contributed by atoms with Gasteiger partial charge < -0.3 is 9.15 Å². The fraction of sp³-hybridized carbons (Fsp3) is 0.400. The largest absolute Gasteiger partial charge is 0.465 e. The fourth-order valence-electron chi connectivity index (χ4n) is 1.45. The minimum atomic E-state index is -0.368.